The van der Waals surface area contributed by atoms with Gasteiger partial charge < -0.3 is 5.11 Å². The molecular formula is C8H6N4O. The minimum Gasteiger partial charge on any atom is -0.506 e. The number of hydrogen-bond donors (Lipinski definition) is 2. The fourth-order valence-electron chi connectivity index (χ4n) is 1.43. The lowest BCUT2D eigenvalue weighted by molar-refractivity contribution is 0.471. The van der Waals surface area contributed by atoms with Crippen molar-refractivity contribution in [1.29, 1.82) is 0 Å². The molecule has 64 valence electrons. The van der Waals surface area contributed by atoms with Crippen LogP contribution in [0.15, 0.2) is 24.5 Å². The summed E-state index contributed by atoms with van der Waals surface area (Å²) in [6.45, 7) is 0. The third kappa shape index (κ3) is 0.752. The molecule has 0 aliphatic rings. The van der Waals surface area contributed by atoms with Crippen molar-refractivity contribution in [3.63, 3.8) is 0 Å². The summed E-state index contributed by atoms with van der Waals surface area (Å²) >= 11 is 0. The molecule has 5 nitrogen and oxygen atoms in total. The molecular weight excluding hydrogens is 168 g/mol. The summed E-state index contributed by atoms with van der Waals surface area (Å²) in [5.41, 5.74) is 1.66. The second kappa shape index (κ2) is 2.01. The molecule has 0 spiro atoms. The Hall–Kier alpha value is -2.04. The average molecular weight is 174 g/mol. The number of aromatic hydroxyl groups is 1. The zero-order valence-corrected chi connectivity index (χ0v) is 6.60. The molecule has 0 unspecified atom stereocenters. The Morgan fingerprint density at radius 2 is 2.31 bits per heavy atom. The van der Waals surface area contributed by atoms with Gasteiger partial charge >= 0.3 is 0 Å². The predicted molar refractivity (Wildman–Crippen MR) is 46.5 cm³/mol. The molecule has 0 saturated heterocycles. The second-order valence-corrected chi connectivity index (χ2v) is 2.85. The predicted octanol–water partition coefficient (Wildman–Crippen LogP) is 0.916. The molecule has 0 aromatic carbocycles. The summed E-state index contributed by atoms with van der Waals surface area (Å²) in [4.78, 5) is 0. The Kier molecular flexibility index (Phi) is 0.999. The zero-order chi connectivity index (χ0) is 8.84. The lowest BCUT2D eigenvalue weighted by atomic mass is 10.3. The number of nitrogens with zero attached hydrogens (tertiary/aromatic N) is 3. The van der Waals surface area contributed by atoms with Crippen LogP contribution in [0.2, 0.25) is 0 Å². The first-order chi connectivity index (χ1) is 6.34. The fraction of sp³-hybridized carbons (Fsp3) is 0. The molecule has 0 saturated carbocycles. The zero-order valence-electron chi connectivity index (χ0n) is 6.60. The molecule has 13 heavy (non-hydrogen) atoms. The maximum atomic E-state index is 9.21. The van der Waals surface area contributed by atoms with Crippen LogP contribution in [-0.4, -0.2) is 24.9 Å². The van der Waals surface area contributed by atoms with Gasteiger partial charge in [-0.1, -0.05) is 0 Å². The highest BCUT2D eigenvalue weighted by Crippen LogP contribution is 2.19. The number of hydrogen-bond acceptors (Lipinski definition) is 3. The molecule has 3 rings (SSSR count). The van der Waals surface area contributed by atoms with Crippen molar-refractivity contribution in [2.45, 2.75) is 0 Å². The van der Waals surface area contributed by atoms with Crippen molar-refractivity contribution < 1.29 is 5.11 Å². The van der Waals surface area contributed by atoms with E-state index in [9.17, 15) is 5.11 Å². The smallest absolute Gasteiger partial charge is 0.178 e. The third-order valence-corrected chi connectivity index (χ3v) is 2.02. The van der Waals surface area contributed by atoms with Gasteiger partial charge in [0, 0.05) is 0 Å². The molecule has 0 aliphatic heterocycles. The highest BCUT2D eigenvalue weighted by molar-refractivity contribution is 5.91. The topological polar surface area (TPSA) is 66.2 Å². The van der Waals surface area contributed by atoms with Crippen molar-refractivity contribution in [2.75, 3.05) is 0 Å². The monoisotopic (exact) mass is 174 g/mol. The number of pyridine rings is 1. The average Bonchev–Trinajstić information content (AvgIpc) is 2.62. The Morgan fingerprint density at radius 3 is 3.23 bits per heavy atom. The number of nitrogens with one attached hydrogen (secondary N) is 1. The molecule has 0 radical (unpaired) electrons. The first-order valence-electron chi connectivity index (χ1n) is 3.85. The van der Waals surface area contributed by atoms with Crippen LogP contribution < -0.4 is 0 Å². The maximum absolute atomic E-state index is 9.21. The van der Waals surface area contributed by atoms with E-state index in [4.69, 9.17) is 0 Å². The summed E-state index contributed by atoms with van der Waals surface area (Å²) in [5.74, 6) is 0.200. The van der Waals surface area contributed by atoms with Crippen molar-refractivity contribution >= 4 is 16.6 Å². The minimum absolute atomic E-state index is 0.200. The van der Waals surface area contributed by atoms with E-state index < -0.39 is 0 Å². The number of aromatic amines is 1. The number of H-pyrrole nitrogens is 1. The molecule has 0 amide bonds. The van der Waals surface area contributed by atoms with Gasteiger partial charge in [-0.2, -0.15) is 5.10 Å². The lowest BCUT2D eigenvalue weighted by Crippen LogP contribution is -1.85. The molecule has 3 aromatic rings. The van der Waals surface area contributed by atoms with Crippen LogP contribution in [0.1, 0.15) is 0 Å². The van der Waals surface area contributed by atoms with Crippen LogP contribution in [0.4, 0.5) is 0 Å². The highest BCUT2D eigenvalue weighted by Gasteiger charge is 2.05. The number of fused-ring (bicyclic) bond motifs is 3. The second-order valence-electron chi connectivity index (χ2n) is 2.85. The molecule has 0 fully saturated rings. The van der Waals surface area contributed by atoms with E-state index in [0.717, 1.165) is 16.6 Å². The van der Waals surface area contributed by atoms with Gasteiger partial charge in [-0.05, 0) is 12.1 Å². The first-order valence-corrected chi connectivity index (χ1v) is 3.85. The van der Waals surface area contributed by atoms with Gasteiger partial charge in [-0.25, -0.2) is 4.52 Å². The number of aromatic nitrogens is 4. The van der Waals surface area contributed by atoms with Crippen LogP contribution in [0.5, 0.6) is 5.75 Å². The highest BCUT2D eigenvalue weighted by atomic mass is 16.3. The fourth-order valence-corrected chi connectivity index (χ4v) is 1.43. The summed E-state index contributed by atoms with van der Waals surface area (Å²) in [5, 5.41) is 21.0. The standard InChI is InChI=1S/C8H6N4O/c13-5-1-2-7-6-3-9-10-8(6)11-12(7)4-5/h1-4,13H,(H,10,11). The first kappa shape index (κ1) is 6.47. The lowest BCUT2D eigenvalue weighted by Gasteiger charge is -1.92. The summed E-state index contributed by atoms with van der Waals surface area (Å²) in [6, 6.07) is 3.43. The van der Waals surface area contributed by atoms with Crippen molar-refractivity contribution in [2.24, 2.45) is 0 Å². The molecule has 2 N–H and O–H groups in total. The Labute approximate surface area is 72.6 Å². The molecule has 0 bridgehead atoms. The van der Waals surface area contributed by atoms with Gasteiger partial charge in [0.05, 0.1) is 23.3 Å². The van der Waals surface area contributed by atoms with Gasteiger partial charge in [0.1, 0.15) is 5.75 Å². The van der Waals surface area contributed by atoms with Gasteiger partial charge in [0.15, 0.2) is 5.65 Å². The number of rotatable bonds is 0. The van der Waals surface area contributed by atoms with E-state index in [0.29, 0.717) is 0 Å². The largest absolute Gasteiger partial charge is 0.506 e. The van der Waals surface area contributed by atoms with E-state index in [1.165, 1.54) is 0 Å². The minimum atomic E-state index is 0.200. The van der Waals surface area contributed by atoms with Gasteiger partial charge in [0.25, 0.3) is 0 Å². The Balaban J connectivity index is 2.59. The molecule has 5 heteroatoms. The van der Waals surface area contributed by atoms with Gasteiger partial charge in [0.2, 0.25) is 0 Å². The van der Waals surface area contributed by atoms with Gasteiger partial charge in [-0.15, -0.1) is 5.10 Å². The third-order valence-electron chi connectivity index (χ3n) is 2.02. The van der Waals surface area contributed by atoms with E-state index in [-0.39, 0.29) is 5.75 Å². The quantitative estimate of drug-likeness (QED) is 0.532. The van der Waals surface area contributed by atoms with Crippen LogP contribution in [0.3, 0.4) is 0 Å². The van der Waals surface area contributed by atoms with E-state index in [1.54, 1.807) is 29.0 Å². The molecule has 3 heterocycles. The van der Waals surface area contributed by atoms with Crippen molar-refractivity contribution in [3.05, 3.63) is 24.5 Å². The maximum Gasteiger partial charge on any atom is 0.178 e. The van der Waals surface area contributed by atoms with E-state index in [1.807, 2.05) is 0 Å². The summed E-state index contributed by atoms with van der Waals surface area (Å²) in [7, 11) is 0. The van der Waals surface area contributed by atoms with E-state index >= 15 is 0 Å². The molecule has 0 aliphatic carbocycles. The van der Waals surface area contributed by atoms with Crippen LogP contribution in [-0.2, 0) is 0 Å². The SMILES string of the molecule is Oc1ccc2c3cn[nH]c3nn2c1. The van der Waals surface area contributed by atoms with E-state index in [2.05, 4.69) is 15.3 Å². The van der Waals surface area contributed by atoms with Crippen molar-refractivity contribution in [3.8, 4) is 5.75 Å². The Bertz CT molecular complexity index is 580. The Morgan fingerprint density at radius 1 is 1.38 bits per heavy atom. The summed E-state index contributed by atoms with van der Waals surface area (Å²) in [6.07, 6.45) is 3.28. The molecule has 0 atom stereocenters. The van der Waals surface area contributed by atoms with Gasteiger partial charge in [-0.3, -0.25) is 5.10 Å². The van der Waals surface area contributed by atoms with Crippen LogP contribution >= 0.6 is 0 Å². The molecule has 3 aromatic heterocycles. The van der Waals surface area contributed by atoms with Crippen LogP contribution in [0.25, 0.3) is 16.6 Å². The normalized spacial score (nSPS) is 11.4. The summed E-state index contributed by atoms with van der Waals surface area (Å²) < 4.78 is 1.62. The van der Waals surface area contributed by atoms with Crippen LogP contribution in [0, 0.1) is 0 Å². The van der Waals surface area contributed by atoms with Crippen molar-refractivity contribution in [1.82, 2.24) is 19.8 Å².